The van der Waals surface area contributed by atoms with Crippen molar-refractivity contribution < 1.29 is 0 Å². The Labute approximate surface area is 253 Å². The highest BCUT2D eigenvalue weighted by molar-refractivity contribution is 6.83. The smallest absolute Gasteiger partial charge is 0.405 e. The maximum absolute atomic E-state index is 5.40. The van der Waals surface area contributed by atoms with Crippen LogP contribution in [0.5, 0.6) is 0 Å². The van der Waals surface area contributed by atoms with Crippen molar-refractivity contribution in [1.82, 2.24) is 0 Å². The van der Waals surface area contributed by atoms with Gasteiger partial charge in [0, 0.05) is 22.6 Å². The van der Waals surface area contributed by atoms with Gasteiger partial charge >= 0.3 is 6.98 Å². The molecule has 0 aromatic heterocycles. The number of nitrogens with one attached hydrogen (secondary N) is 1. The summed E-state index contributed by atoms with van der Waals surface area (Å²) in [5.41, 5.74) is 11.4. The van der Waals surface area contributed by atoms with E-state index < -0.39 is 0 Å². The molecule has 0 unspecified atom stereocenters. The Kier molecular flexibility index (Phi) is 8.19. The van der Waals surface area contributed by atoms with Gasteiger partial charge in [-0.2, -0.15) is 0 Å². The number of allylic oxidation sites excluding steroid dienone is 4. The quantitative estimate of drug-likeness (QED) is 0.147. The Morgan fingerprint density at radius 2 is 1.36 bits per heavy atom. The predicted molar refractivity (Wildman–Crippen MR) is 184 cm³/mol. The number of hydrogen-bond donors (Lipinski definition) is 1. The third-order valence-corrected chi connectivity index (χ3v) is 8.03. The van der Waals surface area contributed by atoms with Gasteiger partial charge < -0.3 is 10.0 Å². The van der Waals surface area contributed by atoms with Crippen LogP contribution in [0.25, 0.3) is 11.1 Å². The molecule has 0 atom stereocenters. The number of hydrogen-bond acceptors (Lipinski definition) is 2. The second-order valence-corrected chi connectivity index (χ2v) is 13.1. The fourth-order valence-electron chi connectivity index (χ4n) is 5.68. The molecule has 3 heteroatoms. The summed E-state index contributed by atoms with van der Waals surface area (Å²) in [6, 6.07) is 33.5. The van der Waals surface area contributed by atoms with Crippen LogP contribution in [0, 0.1) is 12.3 Å². The lowest BCUT2D eigenvalue weighted by Gasteiger charge is -2.40. The van der Waals surface area contributed by atoms with Gasteiger partial charge in [-0.05, 0) is 81.4 Å². The van der Waals surface area contributed by atoms with Crippen molar-refractivity contribution in [2.75, 3.05) is 10.0 Å². The molecule has 1 N–H and O–H groups in total. The van der Waals surface area contributed by atoms with Gasteiger partial charge in [-0.15, -0.1) is 6.42 Å². The van der Waals surface area contributed by atoms with Crippen LogP contribution in [0.2, 0.25) is 0 Å². The Hall–Kier alpha value is -4.42. The molecule has 1 aliphatic rings. The van der Waals surface area contributed by atoms with E-state index in [-0.39, 0.29) is 17.8 Å². The standard InChI is InChI=1S/C39H41BN2/c1-8-9-10-11-12-16-29-17-15-19-35-34-18-13-14-20-36(34)42(33-27-23-31(24-28-33)39(5,6)7)40(37(29)35)41-32-25-21-30(22-26-32)38(2,3)4/h1,9-15,17-28,41H,16H2,2-7H3/b10-9-,12-11-. The molecule has 42 heavy (non-hydrogen) atoms. The molecule has 4 aromatic carbocycles. The lowest BCUT2D eigenvalue weighted by molar-refractivity contribution is 0.590. The van der Waals surface area contributed by atoms with Crippen LogP contribution < -0.4 is 15.5 Å². The van der Waals surface area contributed by atoms with Gasteiger partial charge in [0.05, 0.1) is 0 Å². The van der Waals surface area contributed by atoms with E-state index in [2.05, 4.69) is 155 Å². The van der Waals surface area contributed by atoms with E-state index in [1.54, 1.807) is 6.08 Å². The van der Waals surface area contributed by atoms with E-state index in [1.165, 1.54) is 39.0 Å². The largest absolute Gasteiger partial charge is 0.414 e. The number of benzene rings is 4. The lowest BCUT2D eigenvalue weighted by atomic mass is 9.57. The summed E-state index contributed by atoms with van der Waals surface area (Å²) >= 11 is 0. The molecule has 0 fully saturated rings. The van der Waals surface area contributed by atoms with Gasteiger partial charge in [-0.3, -0.25) is 0 Å². The molecule has 1 aliphatic heterocycles. The molecule has 0 amide bonds. The van der Waals surface area contributed by atoms with Crippen LogP contribution in [0.1, 0.15) is 58.2 Å². The Bertz CT molecular complexity index is 1640. The summed E-state index contributed by atoms with van der Waals surface area (Å²) in [5, 5.41) is 3.96. The first-order chi connectivity index (χ1) is 20.1. The van der Waals surface area contributed by atoms with Gasteiger partial charge in [0.1, 0.15) is 0 Å². The fraction of sp³-hybridized carbons (Fsp3) is 0.231. The normalized spacial score (nSPS) is 13.3. The third kappa shape index (κ3) is 6.09. The Morgan fingerprint density at radius 1 is 0.738 bits per heavy atom. The van der Waals surface area contributed by atoms with Crippen molar-refractivity contribution in [1.29, 1.82) is 0 Å². The Morgan fingerprint density at radius 3 is 2.00 bits per heavy atom. The SMILES string of the molecule is C#C/C=C\C=C/Cc1cccc2c1B(Nc1ccc(C(C)(C)C)cc1)N(c1ccc(C(C)(C)C)cc1)c1ccccc1-2. The molecule has 0 radical (unpaired) electrons. The van der Waals surface area contributed by atoms with Crippen molar-refractivity contribution in [3.8, 4) is 23.5 Å². The van der Waals surface area contributed by atoms with Gasteiger partial charge in [0.25, 0.3) is 0 Å². The number of anilines is 3. The molecule has 1 heterocycles. The first-order valence-electron chi connectivity index (χ1n) is 14.8. The van der Waals surface area contributed by atoms with Gasteiger partial charge in [-0.25, -0.2) is 0 Å². The van der Waals surface area contributed by atoms with Crippen LogP contribution in [-0.2, 0) is 17.3 Å². The summed E-state index contributed by atoms with van der Waals surface area (Å²) in [7, 11) is 0. The zero-order valence-corrected chi connectivity index (χ0v) is 25.8. The molecule has 4 aromatic rings. The third-order valence-electron chi connectivity index (χ3n) is 8.03. The second kappa shape index (κ2) is 11.8. The lowest BCUT2D eigenvalue weighted by Crippen LogP contribution is -2.56. The minimum atomic E-state index is -0.110. The highest BCUT2D eigenvalue weighted by Crippen LogP contribution is 2.41. The van der Waals surface area contributed by atoms with Crippen LogP contribution in [-0.4, -0.2) is 6.98 Å². The summed E-state index contributed by atoms with van der Waals surface area (Å²) in [6.07, 6.45) is 14.1. The second-order valence-electron chi connectivity index (χ2n) is 13.1. The molecule has 5 rings (SSSR count). The minimum Gasteiger partial charge on any atom is -0.405 e. The number of para-hydroxylation sites is 1. The molecule has 210 valence electrons. The van der Waals surface area contributed by atoms with Crippen molar-refractivity contribution >= 4 is 29.5 Å². The molecule has 0 saturated carbocycles. The van der Waals surface area contributed by atoms with E-state index in [1.807, 2.05) is 12.2 Å². The maximum Gasteiger partial charge on any atom is 0.414 e. The predicted octanol–water partition coefficient (Wildman–Crippen LogP) is 9.20. The van der Waals surface area contributed by atoms with Gasteiger partial charge in [-0.1, -0.05) is 126 Å². The molecule has 0 bridgehead atoms. The molecular weight excluding hydrogens is 507 g/mol. The monoisotopic (exact) mass is 548 g/mol. The summed E-state index contributed by atoms with van der Waals surface area (Å²) in [5.74, 6) is 2.56. The van der Waals surface area contributed by atoms with E-state index in [0.717, 1.165) is 17.8 Å². The summed E-state index contributed by atoms with van der Waals surface area (Å²) < 4.78 is 0. The van der Waals surface area contributed by atoms with E-state index in [9.17, 15) is 0 Å². The van der Waals surface area contributed by atoms with Crippen LogP contribution in [0.3, 0.4) is 0 Å². The van der Waals surface area contributed by atoms with Crippen molar-refractivity contribution in [2.24, 2.45) is 0 Å². The topological polar surface area (TPSA) is 15.3 Å². The first kappa shape index (κ1) is 29.1. The number of rotatable bonds is 6. The molecular formula is C39H41BN2. The summed E-state index contributed by atoms with van der Waals surface area (Å²) in [4.78, 5) is 2.47. The average Bonchev–Trinajstić information content (AvgIpc) is 2.96. The zero-order chi connectivity index (χ0) is 29.9. The van der Waals surface area contributed by atoms with E-state index >= 15 is 0 Å². The highest BCUT2D eigenvalue weighted by Gasteiger charge is 2.38. The van der Waals surface area contributed by atoms with Crippen molar-refractivity contribution in [3.63, 3.8) is 0 Å². The zero-order valence-electron chi connectivity index (χ0n) is 25.8. The number of terminal acetylenes is 1. The van der Waals surface area contributed by atoms with Crippen LogP contribution in [0.15, 0.2) is 115 Å². The van der Waals surface area contributed by atoms with Crippen molar-refractivity contribution in [2.45, 2.75) is 58.8 Å². The number of nitrogens with zero attached hydrogens (tertiary/aromatic N) is 1. The van der Waals surface area contributed by atoms with E-state index in [4.69, 9.17) is 6.42 Å². The fourth-order valence-corrected chi connectivity index (χ4v) is 5.68. The van der Waals surface area contributed by atoms with Crippen molar-refractivity contribution in [3.05, 3.63) is 132 Å². The van der Waals surface area contributed by atoms with E-state index in [0.29, 0.717) is 0 Å². The van der Waals surface area contributed by atoms with Crippen LogP contribution in [0.4, 0.5) is 17.1 Å². The van der Waals surface area contributed by atoms with Crippen LogP contribution >= 0.6 is 0 Å². The maximum atomic E-state index is 5.40. The highest BCUT2D eigenvalue weighted by atomic mass is 15.2. The van der Waals surface area contributed by atoms with Gasteiger partial charge in [0.15, 0.2) is 0 Å². The Balaban J connectivity index is 1.67. The molecule has 0 aliphatic carbocycles. The molecule has 0 spiro atoms. The average molecular weight is 549 g/mol. The number of fused-ring (bicyclic) bond motifs is 3. The molecule has 2 nitrogen and oxygen atoms in total. The first-order valence-corrected chi connectivity index (χ1v) is 14.8. The molecule has 0 saturated heterocycles. The summed E-state index contributed by atoms with van der Waals surface area (Å²) in [6.45, 7) is 13.4. The minimum absolute atomic E-state index is 0.0881. The van der Waals surface area contributed by atoms with Gasteiger partial charge in [0.2, 0.25) is 0 Å².